The van der Waals surface area contributed by atoms with Crippen molar-refractivity contribution >= 4 is 45.6 Å². The number of nitrogens with zero attached hydrogens (tertiary/aromatic N) is 2. The number of benzene rings is 1. The molecule has 3 rings (SSSR count). The predicted octanol–water partition coefficient (Wildman–Crippen LogP) is 3.97. The zero-order chi connectivity index (χ0) is 17.6. The molecule has 0 aliphatic carbocycles. The Morgan fingerprint density at radius 1 is 1.25 bits per heavy atom. The lowest BCUT2D eigenvalue weighted by Crippen LogP contribution is -1.99. The maximum absolute atomic E-state index is 14.4. The number of aromatic amines is 1. The normalized spacial score (nSPS) is 11.0. The van der Waals surface area contributed by atoms with Gasteiger partial charge >= 0.3 is 5.69 Å². The first kappa shape index (κ1) is 16.4. The molecule has 2 aromatic heterocycles. The van der Waals surface area contributed by atoms with Crippen LogP contribution in [0.25, 0.3) is 22.3 Å². The van der Waals surface area contributed by atoms with Crippen molar-refractivity contribution in [3.05, 3.63) is 55.0 Å². The third kappa shape index (κ3) is 2.33. The van der Waals surface area contributed by atoms with E-state index in [9.17, 15) is 28.1 Å². The molecular weight excluding hydrogens is 442 g/mol. The highest BCUT2D eigenvalue weighted by Crippen LogP contribution is 2.37. The third-order valence-corrected chi connectivity index (χ3v) is 4.44. The van der Waals surface area contributed by atoms with Gasteiger partial charge in [-0.1, -0.05) is 0 Å². The lowest BCUT2D eigenvalue weighted by molar-refractivity contribution is -0.387. The molecule has 3 aromatic rings. The van der Waals surface area contributed by atoms with E-state index in [1.165, 1.54) is 0 Å². The van der Waals surface area contributed by atoms with Crippen LogP contribution in [0.15, 0.2) is 18.3 Å². The minimum absolute atomic E-state index is 0.0307. The molecule has 0 radical (unpaired) electrons. The van der Waals surface area contributed by atoms with Gasteiger partial charge in [0.1, 0.15) is 11.5 Å². The topological polar surface area (TPSA) is 88.9 Å². The Kier molecular flexibility index (Phi) is 3.99. The van der Waals surface area contributed by atoms with Crippen molar-refractivity contribution in [3.63, 3.8) is 0 Å². The molecule has 0 saturated heterocycles. The Labute approximate surface area is 145 Å². The number of H-pyrrole nitrogens is 1. The van der Waals surface area contributed by atoms with Gasteiger partial charge in [-0.25, -0.2) is 13.8 Å². The van der Waals surface area contributed by atoms with E-state index in [0.29, 0.717) is 6.07 Å². The molecule has 0 amide bonds. The molecule has 10 heteroatoms. The maximum Gasteiger partial charge on any atom is 0.305 e. The number of aldehydes is 1. The van der Waals surface area contributed by atoms with Crippen molar-refractivity contribution in [2.24, 2.45) is 0 Å². The van der Waals surface area contributed by atoms with Crippen LogP contribution in [0.2, 0.25) is 0 Å². The maximum atomic E-state index is 14.4. The number of hydrogen-bond donors (Lipinski definition) is 1. The SMILES string of the molecule is O=Cc1c(-c2c(F)ccc([N+](=O)[O-])c2F)[nH]c2ncc(F)c(I)c12. The average molecular weight is 447 g/mol. The predicted molar refractivity (Wildman–Crippen MR) is 86.2 cm³/mol. The molecule has 0 bridgehead atoms. The molecule has 0 unspecified atom stereocenters. The number of aromatic nitrogens is 2. The summed E-state index contributed by atoms with van der Waals surface area (Å²) in [4.78, 5) is 27.5. The van der Waals surface area contributed by atoms with Gasteiger partial charge in [-0.15, -0.1) is 0 Å². The van der Waals surface area contributed by atoms with Crippen LogP contribution in [0.3, 0.4) is 0 Å². The van der Waals surface area contributed by atoms with Gasteiger partial charge in [0.15, 0.2) is 12.1 Å². The number of rotatable bonds is 3. The minimum Gasteiger partial charge on any atom is -0.338 e. The van der Waals surface area contributed by atoms with Gasteiger partial charge in [-0.2, -0.15) is 4.39 Å². The Bertz CT molecular complexity index is 1020. The number of nitro benzene ring substituents is 1. The largest absolute Gasteiger partial charge is 0.338 e. The highest BCUT2D eigenvalue weighted by Gasteiger charge is 2.27. The number of nitro groups is 1. The summed E-state index contributed by atoms with van der Waals surface area (Å²) in [5.74, 6) is -3.26. The second-order valence-electron chi connectivity index (χ2n) is 4.69. The van der Waals surface area contributed by atoms with Crippen molar-refractivity contribution < 1.29 is 22.9 Å². The highest BCUT2D eigenvalue weighted by atomic mass is 127. The summed E-state index contributed by atoms with van der Waals surface area (Å²) < 4.78 is 42.2. The molecule has 0 aliphatic rings. The Balaban J connectivity index is 2.44. The third-order valence-electron chi connectivity index (χ3n) is 3.39. The molecule has 24 heavy (non-hydrogen) atoms. The number of carbonyl (C=O) groups excluding carboxylic acids is 1. The summed E-state index contributed by atoms with van der Waals surface area (Å²) in [6.45, 7) is 0. The van der Waals surface area contributed by atoms with E-state index in [4.69, 9.17) is 0 Å². The van der Waals surface area contributed by atoms with Crippen molar-refractivity contribution in [3.8, 4) is 11.3 Å². The van der Waals surface area contributed by atoms with Crippen LogP contribution in [0.4, 0.5) is 18.9 Å². The first-order chi connectivity index (χ1) is 11.4. The number of carbonyl (C=O) groups is 1. The fourth-order valence-corrected chi connectivity index (χ4v) is 3.03. The number of hydrogen-bond acceptors (Lipinski definition) is 4. The molecule has 0 saturated carbocycles. The first-order valence-corrected chi connectivity index (χ1v) is 7.38. The first-order valence-electron chi connectivity index (χ1n) is 6.30. The number of fused-ring (bicyclic) bond motifs is 1. The number of halogens is 4. The van der Waals surface area contributed by atoms with Crippen molar-refractivity contribution in [2.45, 2.75) is 0 Å². The van der Waals surface area contributed by atoms with Crippen molar-refractivity contribution in [2.75, 3.05) is 0 Å². The molecule has 0 fully saturated rings. The van der Waals surface area contributed by atoms with Crippen LogP contribution >= 0.6 is 22.6 Å². The van der Waals surface area contributed by atoms with E-state index in [1.807, 2.05) is 0 Å². The molecular formula is C14H5F3IN3O3. The lowest BCUT2D eigenvalue weighted by Gasteiger charge is -2.04. The van der Waals surface area contributed by atoms with Crippen LogP contribution in [0, 0.1) is 31.1 Å². The fourth-order valence-electron chi connectivity index (χ4n) is 2.34. The molecule has 0 spiro atoms. The molecule has 2 heterocycles. The van der Waals surface area contributed by atoms with E-state index >= 15 is 0 Å². The smallest absolute Gasteiger partial charge is 0.305 e. The summed E-state index contributed by atoms with van der Waals surface area (Å²) >= 11 is 1.63. The van der Waals surface area contributed by atoms with E-state index in [0.717, 1.165) is 12.3 Å². The van der Waals surface area contributed by atoms with Gasteiger partial charge in [0, 0.05) is 11.5 Å². The summed E-state index contributed by atoms with van der Waals surface area (Å²) in [7, 11) is 0. The van der Waals surface area contributed by atoms with Crippen LogP contribution in [-0.2, 0) is 0 Å². The lowest BCUT2D eigenvalue weighted by atomic mass is 10.0. The molecule has 6 nitrogen and oxygen atoms in total. The number of nitrogens with one attached hydrogen (secondary N) is 1. The summed E-state index contributed by atoms with van der Waals surface area (Å²) in [5, 5.41) is 10.9. The van der Waals surface area contributed by atoms with Gasteiger partial charge in [0.05, 0.1) is 31.5 Å². The van der Waals surface area contributed by atoms with Gasteiger partial charge in [0.25, 0.3) is 0 Å². The van der Waals surface area contributed by atoms with E-state index in [1.54, 1.807) is 22.6 Å². The van der Waals surface area contributed by atoms with Crippen molar-refractivity contribution in [1.29, 1.82) is 0 Å². The average Bonchev–Trinajstić information content (AvgIpc) is 2.89. The second-order valence-corrected chi connectivity index (χ2v) is 5.77. The van der Waals surface area contributed by atoms with Crippen LogP contribution in [-0.4, -0.2) is 21.2 Å². The van der Waals surface area contributed by atoms with Gasteiger partial charge in [-0.05, 0) is 28.7 Å². The quantitative estimate of drug-likeness (QED) is 0.285. The Hall–Kier alpha value is -2.50. The summed E-state index contributed by atoms with van der Waals surface area (Å²) in [6, 6.07) is 1.40. The van der Waals surface area contributed by atoms with Crippen molar-refractivity contribution in [1.82, 2.24) is 9.97 Å². The highest BCUT2D eigenvalue weighted by molar-refractivity contribution is 14.1. The Morgan fingerprint density at radius 3 is 2.58 bits per heavy atom. The van der Waals surface area contributed by atoms with Gasteiger partial charge in [0.2, 0.25) is 5.82 Å². The minimum atomic E-state index is -1.44. The second kappa shape index (κ2) is 5.85. The van der Waals surface area contributed by atoms with Crippen LogP contribution in [0.1, 0.15) is 10.4 Å². The van der Waals surface area contributed by atoms with Gasteiger partial charge < -0.3 is 4.98 Å². The molecule has 1 N–H and O–H groups in total. The monoisotopic (exact) mass is 447 g/mol. The molecule has 122 valence electrons. The fraction of sp³-hybridized carbons (Fsp3) is 0. The zero-order valence-electron chi connectivity index (χ0n) is 11.4. The van der Waals surface area contributed by atoms with Crippen LogP contribution in [0.5, 0.6) is 0 Å². The zero-order valence-corrected chi connectivity index (χ0v) is 13.6. The number of pyridine rings is 1. The summed E-state index contributed by atoms with van der Waals surface area (Å²) in [6.07, 6.45) is 1.17. The Morgan fingerprint density at radius 2 is 1.96 bits per heavy atom. The van der Waals surface area contributed by atoms with E-state index < -0.39 is 33.6 Å². The van der Waals surface area contributed by atoms with Crippen LogP contribution < -0.4 is 0 Å². The molecule has 0 atom stereocenters. The summed E-state index contributed by atoms with van der Waals surface area (Å²) in [5.41, 5.74) is -2.27. The van der Waals surface area contributed by atoms with E-state index in [-0.39, 0.29) is 32.1 Å². The van der Waals surface area contributed by atoms with Gasteiger partial charge in [-0.3, -0.25) is 14.9 Å². The standard InChI is InChI=1S/C14H5F3IN3O3/c15-6-1-2-8(21(23)24)11(17)10(6)13-5(4-22)9-12(18)7(16)3-19-14(9)20-13/h1-4H,(H,19,20). The molecule has 0 aliphatic heterocycles. The van der Waals surface area contributed by atoms with E-state index in [2.05, 4.69) is 9.97 Å². The molecule has 1 aromatic carbocycles.